The van der Waals surface area contributed by atoms with Crippen LogP contribution in [-0.4, -0.2) is 17.8 Å². The molecule has 0 aliphatic rings. The predicted molar refractivity (Wildman–Crippen MR) is 59.2 cm³/mol. The van der Waals surface area contributed by atoms with Crippen molar-refractivity contribution < 1.29 is 5.11 Å². The Morgan fingerprint density at radius 1 is 1.29 bits per heavy atom. The largest absolute Gasteiger partial charge is 0.392 e. The van der Waals surface area contributed by atoms with Crippen molar-refractivity contribution in [3.8, 4) is 0 Å². The molecule has 78 valence electrons. The molecule has 1 rings (SSSR count). The van der Waals surface area contributed by atoms with Crippen molar-refractivity contribution in [2.75, 3.05) is 6.54 Å². The van der Waals surface area contributed by atoms with E-state index in [0.29, 0.717) is 12.5 Å². The molecule has 14 heavy (non-hydrogen) atoms. The lowest BCUT2D eigenvalue weighted by Crippen LogP contribution is -2.22. The number of hydrogen-bond acceptors (Lipinski definition) is 2. The normalized spacial score (nSPS) is 15.1. The van der Waals surface area contributed by atoms with Crippen LogP contribution in [0.25, 0.3) is 0 Å². The molecule has 2 heteroatoms. The summed E-state index contributed by atoms with van der Waals surface area (Å²) in [7, 11) is 0. The minimum Gasteiger partial charge on any atom is -0.392 e. The molecule has 0 radical (unpaired) electrons. The van der Waals surface area contributed by atoms with E-state index in [4.69, 9.17) is 5.73 Å². The van der Waals surface area contributed by atoms with E-state index in [9.17, 15) is 5.11 Å². The van der Waals surface area contributed by atoms with Gasteiger partial charge in [0.05, 0.1) is 6.10 Å². The summed E-state index contributed by atoms with van der Waals surface area (Å²) in [6, 6.07) is 10.3. The Morgan fingerprint density at radius 3 is 2.43 bits per heavy atom. The van der Waals surface area contributed by atoms with E-state index < -0.39 is 0 Å². The Hall–Kier alpha value is -0.860. The molecule has 0 amide bonds. The zero-order valence-corrected chi connectivity index (χ0v) is 8.69. The molecule has 2 atom stereocenters. The van der Waals surface area contributed by atoms with Gasteiger partial charge in [0.15, 0.2) is 0 Å². The fraction of sp³-hybridized carbons (Fsp3) is 0.500. The number of aliphatic hydroxyl groups is 1. The third-order valence-electron chi connectivity index (χ3n) is 2.59. The van der Waals surface area contributed by atoms with Crippen molar-refractivity contribution in [3.05, 3.63) is 35.9 Å². The molecule has 2 nitrogen and oxygen atoms in total. The van der Waals surface area contributed by atoms with Gasteiger partial charge in [0.2, 0.25) is 0 Å². The van der Waals surface area contributed by atoms with Crippen LogP contribution < -0.4 is 5.73 Å². The molecule has 0 saturated heterocycles. The van der Waals surface area contributed by atoms with E-state index in [1.165, 1.54) is 5.56 Å². The summed E-state index contributed by atoms with van der Waals surface area (Å²) in [6.45, 7) is 2.49. The number of hydrogen-bond donors (Lipinski definition) is 2. The van der Waals surface area contributed by atoms with Crippen LogP contribution in [-0.2, 0) is 0 Å². The molecule has 2 unspecified atom stereocenters. The van der Waals surface area contributed by atoms with Gasteiger partial charge >= 0.3 is 0 Å². The monoisotopic (exact) mass is 193 g/mol. The molecule has 0 aliphatic carbocycles. The van der Waals surface area contributed by atoms with Crippen LogP contribution in [0.2, 0.25) is 0 Å². The second-order valence-electron chi connectivity index (χ2n) is 3.64. The fourth-order valence-electron chi connectivity index (χ4n) is 1.69. The summed E-state index contributed by atoms with van der Waals surface area (Å²) in [4.78, 5) is 0. The lowest BCUT2D eigenvalue weighted by molar-refractivity contribution is 0.162. The van der Waals surface area contributed by atoms with Gasteiger partial charge in [-0.1, -0.05) is 37.3 Å². The molecule has 3 N–H and O–H groups in total. The van der Waals surface area contributed by atoms with Gasteiger partial charge in [0.1, 0.15) is 0 Å². The van der Waals surface area contributed by atoms with E-state index in [2.05, 4.69) is 19.1 Å². The molecule has 0 aliphatic heterocycles. The van der Waals surface area contributed by atoms with E-state index in [1.807, 2.05) is 18.2 Å². The van der Waals surface area contributed by atoms with E-state index >= 15 is 0 Å². The van der Waals surface area contributed by atoms with Gasteiger partial charge in [-0.05, 0) is 24.3 Å². The van der Waals surface area contributed by atoms with Crippen molar-refractivity contribution in [1.29, 1.82) is 0 Å². The quantitative estimate of drug-likeness (QED) is 0.750. The lowest BCUT2D eigenvalue weighted by Gasteiger charge is -2.18. The standard InChI is InChI=1S/C12H19NO/c1-2-10(8-12(14)9-13)11-6-4-3-5-7-11/h3-7,10,12,14H,2,8-9,13H2,1H3. The molecule has 0 bridgehead atoms. The zero-order chi connectivity index (χ0) is 10.4. The molecule has 0 aromatic heterocycles. The number of aliphatic hydroxyl groups excluding tert-OH is 1. The Morgan fingerprint density at radius 2 is 1.93 bits per heavy atom. The highest BCUT2D eigenvalue weighted by atomic mass is 16.3. The molecule has 0 fully saturated rings. The summed E-state index contributed by atoms with van der Waals surface area (Å²) >= 11 is 0. The Bertz CT molecular complexity index is 248. The maximum absolute atomic E-state index is 9.50. The first kappa shape index (κ1) is 11.2. The average Bonchev–Trinajstić information content (AvgIpc) is 2.26. The van der Waals surface area contributed by atoms with Crippen LogP contribution in [0.4, 0.5) is 0 Å². The predicted octanol–water partition coefficient (Wildman–Crippen LogP) is 1.89. The van der Waals surface area contributed by atoms with Crippen molar-refractivity contribution in [2.45, 2.75) is 31.8 Å². The van der Waals surface area contributed by atoms with Gasteiger partial charge in [-0.3, -0.25) is 0 Å². The van der Waals surface area contributed by atoms with Crippen LogP contribution in [0.15, 0.2) is 30.3 Å². The Labute approximate surface area is 85.8 Å². The molecule has 1 aromatic rings. The minimum absolute atomic E-state index is 0.351. The van der Waals surface area contributed by atoms with Crippen LogP contribution in [0, 0.1) is 0 Å². The zero-order valence-electron chi connectivity index (χ0n) is 8.69. The summed E-state index contributed by atoms with van der Waals surface area (Å²) in [5.74, 6) is 0.426. The summed E-state index contributed by atoms with van der Waals surface area (Å²) in [5.41, 5.74) is 6.70. The second kappa shape index (κ2) is 5.78. The third kappa shape index (κ3) is 3.13. The van der Waals surface area contributed by atoms with Gasteiger partial charge in [-0.25, -0.2) is 0 Å². The molecule has 1 aromatic carbocycles. The maximum Gasteiger partial charge on any atom is 0.0668 e. The Kier molecular flexibility index (Phi) is 4.63. The van der Waals surface area contributed by atoms with Crippen LogP contribution in [0.5, 0.6) is 0 Å². The molecular formula is C12H19NO. The van der Waals surface area contributed by atoms with E-state index in [1.54, 1.807) is 0 Å². The maximum atomic E-state index is 9.50. The number of rotatable bonds is 5. The van der Waals surface area contributed by atoms with E-state index in [0.717, 1.165) is 12.8 Å². The molecule has 0 saturated carbocycles. The van der Waals surface area contributed by atoms with Gasteiger partial charge < -0.3 is 10.8 Å². The third-order valence-corrected chi connectivity index (χ3v) is 2.59. The highest BCUT2D eigenvalue weighted by Crippen LogP contribution is 2.23. The van der Waals surface area contributed by atoms with Crippen LogP contribution in [0.1, 0.15) is 31.2 Å². The van der Waals surface area contributed by atoms with Crippen LogP contribution >= 0.6 is 0 Å². The number of nitrogens with two attached hydrogens (primary N) is 1. The fourth-order valence-corrected chi connectivity index (χ4v) is 1.69. The molecule has 0 spiro atoms. The highest BCUT2D eigenvalue weighted by molar-refractivity contribution is 5.19. The first-order valence-electron chi connectivity index (χ1n) is 5.21. The van der Waals surface area contributed by atoms with Crippen molar-refractivity contribution in [2.24, 2.45) is 5.73 Å². The summed E-state index contributed by atoms with van der Waals surface area (Å²) in [6.07, 6.45) is 1.43. The van der Waals surface area contributed by atoms with Crippen molar-refractivity contribution >= 4 is 0 Å². The highest BCUT2D eigenvalue weighted by Gasteiger charge is 2.13. The van der Waals surface area contributed by atoms with Gasteiger partial charge in [0.25, 0.3) is 0 Å². The van der Waals surface area contributed by atoms with Crippen LogP contribution in [0.3, 0.4) is 0 Å². The Balaban J connectivity index is 2.63. The van der Waals surface area contributed by atoms with E-state index in [-0.39, 0.29) is 6.10 Å². The summed E-state index contributed by atoms with van der Waals surface area (Å²) < 4.78 is 0. The molecule has 0 heterocycles. The topological polar surface area (TPSA) is 46.2 Å². The van der Waals surface area contributed by atoms with Gasteiger partial charge in [-0.15, -0.1) is 0 Å². The lowest BCUT2D eigenvalue weighted by atomic mass is 9.91. The first-order valence-corrected chi connectivity index (χ1v) is 5.21. The first-order chi connectivity index (χ1) is 6.77. The van der Waals surface area contributed by atoms with Gasteiger partial charge in [0, 0.05) is 6.54 Å². The van der Waals surface area contributed by atoms with Crippen molar-refractivity contribution in [3.63, 3.8) is 0 Å². The second-order valence-corrected chi connectivity index (χ2v) is 3.64. The average molecular weight is 193 g/mol. The number of benzene rings is 1. The summed E-state index contributed by atoms with van der Waals surface area (Å²) in [5, 5.41) is 9.50. The SMILES string of the molecule is CCC(CC(O)CN)c1ccccc1. The smallest absolute Gasteiger partial charge is 0.0668 e. The molecular weight excluding hydrogens is 174 g/mol. The van der Waals surface area contributed by atoms with Gasteiger partial charge in [-0.2, -0.15) is 0 Å². The minimum atomic E-state index is -0.375. The van der Waals surface area contributed by atoms with Crippen molar-refractivity contribution in [1.82, 2.24) is 0 Å².